The van der Waals surface area contributed by atoms with E-state index in [4.69, 9.17) is 17.0 Å². The van der Waals surface area contributed by atoms with Gasteiger partial charge < -0.3 is 15.0 Å². The van der Waals surface area contributed by atoms with Gasteiger partial charge in [-0.15, -0.1) is 0 Å². The number of aromatic nitrogens is 1. The van der Waals surface area contributed by atoms with E-state index in [1.807, 2.05) is 12.3 Å². The van der Waals surface area contributed by atoms with E-state index in [2.05, 4.69) is 60.2 Å². The predicted molar refractivity (Wildman–Crippen MR) is 103 cm³/mol. The monoisotopic (exact) mass is 343 g/mol. The highest BCUT2D eigenvalue weighted by Gasteiger charge is 2.19. The van der Waals surface area contributed by atoms with Crippen LogP contribution < -0.4 is 5.32 Å². The second-order valence-corrected chi connectivity index (χ2v) is 6.28. The molecule has 0 fully saturated rings. The Hall–Kier alpha value is -1.98. The molecule has 5 heteroatoms. The number of nitrogens with one attached hydrogen (secondary N) is 1. The maximum absolute atomic E-state index is 5.69. The Bertz CT molecular complexity index is 676. The number of hydrogen-bond acceptors (Lipinski definition) is 3. The Morgan fingerprint density at radius 2 is 2.12 bits per heavy atom. The highest BCUT2D eigenvalue weighted by Crippen LogP contribution is 2.22. The number of ether oxygens (including phenoxy) is 1. The van der Waals surface area contributed by atoms with Gasteiger partial charge in [0.2, 0.25) is 0 Å². The van der Waals surface area contributed by atoms with Crippen LogP contribution in [0.4, 0.5) is 5.69 Å². The summed E-state index contributed by atoms with van der Waals surface area (Å²) in [5, 5.41) is 4.08. The smallest absolute Gasteiger partial charge is 0.174 e. The summed E-state index contributed by atoms with van der Waals surface area (Å²) in [4.78, 5) is 6.35. The van der Waals surface area contributed by atoms with E-state index >= 15 is 0 Å². The quantitative estimate of drug-likeness (QED) is 0.799. The summed E-state index contributed by atoms with van der Waals surface area (Å²) in [5.74, 6) is 0. The largest absolute Gasteiger partial charge is 0.383 e. The minimum atomic E-state index is 0.110. The fourth-order valence-corrected chi connectivity index (χ4v) is 2.88. The summed E-state index contributed by atoms with van der Waals surface area (Å²) in [6.07, 6.45) is 3.66. The van der Waals surface area contributed by atoms with Gasteiger partial charge in [0.15, 0.2) is 5.11 Å². The van der Waals surface area contributed by atoms with Gasteiger partial charge in [0.25, 0.3) is 0 Å². The van der Waals surface area contributed by atoms with Crippen molar-refractivity contribution >= 4 is 23.0 Å². The number of aryl methyl sites for hydroxylation is 2. The number of pyridine rings is 1. The molecule has 4 nitrogen and oxygen atoms in total. The highest BCUT2D eigenvalue weighted by molar-refractivity contribution is 7.80. The summed E-state index contributed by atoms with van der Waals surface area (Å²) < 4.78 is 5.26. The summed E-state index contributed by atoms with van der Waals surface area (Å²) in [6.45, 7) is 7.61. The molecule has 0 aliphatic carbocycles. The molecule has 1 atom stereocenters. The summed E-state index contributed by atoms with van der Waals surface area (Å²) in [7, 11) is 1.70. The van der Waals surface area contributed by atoms with Crippen molar-refractivity contribution in [2.45, 2.75) is 26.8 Å². The van der Waals surface area contributed by atoms with E-state index in [1.165, 1.54) is 11.1 Å². The minimum absolute atomic E-state index is 0.110. The first kappa shape index (κ1) is 18.4. The van der Waals surface area contributed by atoms with Gasteiger partial charge in [-0.3, -0.25) is 4.98 Å². The molecule has 0 aliphatic heterocycles. The van der Waals surface area contributed by atoms with Crippen LogP contribution in [0.1, 0.15) is 29.7 Å². The van der Waals surface area contributed by atoms with Crippen molar-refractivity contribution in [3.63, 3.8) is 0 Å². The van der Waals surface area contributed by atoms with Crippen molar-refractivity contribution in [2.24, 2.45) is 0 Å². The summed E-state index contributed by atoms with van der Waals surface area (Å²) in [5.41, 5.74) is 4.54. The first-order valence-electron chi connectivity index (χ1n) is 8.06. The van der Waals surface area contributed by atoms with Crippen molar-refractivity contribution < 1.29 is 4.74 Å². The molecule has 0 spiro atoms. The number of thiocarbonyl (C=S) groups is 1. The van der Waals surface area contributed by atoms with Gasteiger partial charge in [0.1, 0.15) is 0 Å². The lowest BCUT2D eigenvalue weighted by molar-refractivity contribution is 0.165. The average molecular weight is 343 g/mol. The number of anilines is 1. The first-order valence-corrected chi connectivity index (χ1v) is 8.47. The van der Waals surface area contributed by atoms with Crippen LogP contribution in [0.15, 0.2) is 42.7 Å². The molecule has 0 radical (unpaired) electrons. The van der Waals surface area contributed by atoms with Crippen LogP contribution in [0.25, 0.3) is 0 Å². The SMILES string of the molecule is COCCN(C(=S)Nc1cc(C)ccc1C)[C@@H](C)c1cccnc1. The van der Waals surface area contributed by atoms with Crippen LogP contribution in [0.2, 0.25) is 0 Å². The molecule has 128 valence electrons. The van der Waals surface area contributed by atoms with Crippen molar-refractivity contribution in [1.82, 2.24) is 9.88 Å². The third-order valence-corrected chi connectivity index (χ3v) is 4.40. The second kappa shape index (κ2) is 8.76. The Balaban J connectivity index is 2.20. The molecular weight excluding hydrogens is 318 g/mol. The predicted octanol–water partition coefficient (Wildman–Crippen LogP) is 4.10. The zero-order valence-corrected chi connectivity index (χ0v) is 15.6. The molecule has 1 N–H and O–H groups in total. The van der Waals surface area contributed by atoms with Crippen LogP contribution in [0.3, 0.4) is 0 Å². The highest BCUT2D eigenvalue weighted by atomic mass is 32.1. The number of hydrogen-bond donors (Lipinski definition) is 1. The Labute approximate surface area is 149 Å². The van der Waals surface area contributed by atoms with Crippen molar-refractivity contribution in [3.05, 3.63) is 59.4 Å². The standard InChI is InChI=1S/C19H25N3OS/c1-14-7-8-15(2)18(12-14)21-19(24)22(10-11-23-4)16(3)17-6-5-9-20-13-17/h5-9,12-13,16H,10-11H2,1-4H3,(H,21,24)/t16-/m0/s1. The zero-order valence-electron chi connectivity index (χ0n) is 14.7. The van der Waals surface area contributed by atoms with Crippen molar-refractivity contribution in [1.29, 1.82) is 0 Å². The van der Waals surface area contributed by atoms with Gasteiger partial charge >= 0.3 is 0 Å². The van der Waals surface area contributed by atoms with E-state index in [0.717, 1.165) is 11.3 Å². The average Bonchev–Trinajstić information content (AvgIpc) is 2.59. The third kappa shape index (κ3) is 4.76. The van der Waals surface area contributed by atoms with E-state index in [1.54, 1.807) is 13.3 Å². The van der Waals surface area contributed by atoms with Gasteiger partial charge in [-0.2, -0.15) is 0 Å². The molecule has 1 aromatic heterocycles. The molecule has 1 aromatic carbocycles. The van der Waals surface area contributed by atoms with Crippen LogP contribution >= 0.6 is 12.2 Å². The fourth-order valence-electron chi connectivity index (χ4n) is 2.52. The maximum Gasteiger partial charge on any atom is 0.174 e. The Morgan fingerprint density at radius 3 is 2.79 bits per heavy atom. The normalized spacial score (nSPS) is 11.8. The molecule has 0 amide bonds. The zero-order chi connectivity index (χ0) is 17.5. The number of nitrogens with zero attached hydrogens (tertiary/aromatic N) is 2. The van der Waals surface area contributed by atoms with Gasteiger partial charge in [-0.1, -0.05) is 18.2 Å². The first-order chi connectivity index (χ1) is 11.5. The molecule has 1 heterocycles. The molecule has 24 heavy (non-hydrogen) atoms. The van der Waals surface area contributed by atoms with Crippen LogP contribution in [-0.4, -0.2) is 35.3 Å². The second-order valence-electron chi connectivity index (χ2n) is 5.90. The van der Waals surface area contributed by atoms with Crippen molar-refractivity contribution in [3.8, 4) is 0 Å². The molecular formula is C19H25N3OS. The summed E-state index contributed by atoms with van der Waals surface area (Å²) >= 11 is 5.69. The van der Waals surface area contributed by atoms with Crippen LogP contribution in [0, 0.1) is 13.8 Å². The van der Waals surface area contributed by atoms with Crippen molar-refractivity contribution in [2.75, 3.05) is 25.6 Å². The molecule has 2 aromatic rings. The molecule has 0 saturated heterocycles. The fraction of sp³-hybridized carbons (Fsp3) is 0.368. The topological polar surface area (TPSA) is 37.4 Å². The van der Waals surface area contributed by atoms with Gasteiger partial charge in [0.05, 0.1) is 12.6 Å². The molecule has 0 unspecified atom stereocenters. The summed E-state index contributed by atoms with van der Waals surface area (Å²) in [6, 6.07) is 10.4. The number of methoxy groups -OCH3 is 1. The lowest BCUT2D eigenvalue weighted by Crippen LogP contribution is -2.39. The lowest BCUT2D eigenvalue weighted by atomic mass is 10.1. The minimum Gasteiger partial charge on any atom is -0.383 e. The lowest BCUT2D eigenvalue weighted by Gasteiger charge is -2.32. The third-order valence-electron chi connectivity index (χ3n) is 4.07. The number of rotatable bonds is 6. The Kier molecular flexibility index (Phi) is 6.70. The molecule has 0 saturated carbocycles. The molecule has 0 bridgehead atoms. The molecule has 2 rings (SSSR count). The van der Waals surface area contributed by atoms with Gasteiger partial charge in [0, 0.05) is 31.7 Å². The maximum atomic E-state index is 5.69. The Morgan fingerprint density at radius 1 is 1.33 bits per heavy atom. The van der Waals surface area contributed by atoms with Crippen LogP contribution in [-0.2, 0) is 4.74 Å². The van der Waals surface area contributed by atoms with Gasteiger partial charge in [-0.25, -0.2) is 0 Å². The number of benzene rings is 1. The van der Waals surface area contributed by atoms with E-state index in [0.29, 0.717) is 18.3 Å². The van der Waals surface area contributed by atoms with Gasteiger partial charge in [-0.05, 0) is 61.8 Å². The van der Waals surface area contributed by atoms with E-state index in [9.17, 15) is 0 Å². The van der Waals surface area contributed by atoms with E-state index in [-0.39, 0.29) is 6.04 Å². The molecule has 0 aliphatic rings. The van der Waals surface area contributed by atoms with Crippen LogP contribution in [0.5, 0.6) is 0 Å². The van der Waals surface area contributed by atoms with E-state index < -0.39 is 0 Å².